The first-order chi connectivity index (χ1) is 57.0. The second-order valence-corrected chi connectivity index (χ2v) is 28.2. The summed E-state index contributed by atoms with van der Waals surface area (Å²) in [5.41, 5.74) is 14.5. The summed E-state index contributed by atoms with van der Waals surface area (Å²) < 4.78 is 23.3. The lowest BCUT2D eigenvalue weighted by atomic mass is 10.3. The van der Waals surface area contributed by atoms with Gasteiger partial charge in [-0.3, -0.25) is 30.2 Å². The molecule has 624 valence electrons. The van der Waals surface area contributed by atoms with Gasteiger partial charge in [-0.25, -0.2) is 34.9 Å². The third-order valence-corrected chi connectivity index (χ3v) is 15.5. The summed E-state index contributed by atoms with van der Waals surface area (Å²) in [6.45, 7) is 37.1. The maximum absolute atomic E-state index is 4.83. The molecule has 31 nitrogen and oxygen atoms in total. The quantitative estimate of drug-likeness (QED) is 0.0941. The number of aryl methyl sites for hydroxylation is 19. The number of thiophene rings is 2. The highest BCUT2D eigenvalue weighted by Crippen LogP contribution is 2.05. The number of thiazole rings is 2. The van der Waals surface area contributed by atoms with E-state index in [0.717, 1.165) is 73.0 Å². The van der Waals surface area contributed by atoms with Crippen LogP contribution in [0.5, 0.6) is 0 Å². The minimum atomic E-state index is 0.856. The van der Waals surface area contributed by atoms with Crippen LogP contribution in [-0.4, -0.2) is 132 Å². The molecule has 36 heteroatoms. The van der Waals surface area contributed by atoms with Crippen molar-refractivity contribution in [3.8, 4) is 0 Å². The fourth-order valence-corrected chi connectivity index (χ4v) is 8.47. The molecule has 19 heterocycles. The molecule has 0 radical (unpaired) electrons. The summed E-state index contributed by atoms with van der Waals surface area (Å²) >= 11 is 8.41. The number of hydrogen-bond acceptors (Lipinski definition) is 31. The third-order valence-electron chi connectivity index (χ3n) is 11.8. The zero-order valence-corrected chi connectivity index (χ0v) is 74.0. The SMILES string of the molecule is Cc1cccnc1.Cc1cccnn1.Cc1ccco1.Cc1cccs1.Cc1ccn[nH]1.Cc1ccncn1.Cc1ccno1.Cc1ccoc1.Cc1ccon1.Cc1ccsc1.Cc1cn[nH]c1.Cc1cn[nH]n1.Cc1cncnc1.Cc1cnco1.Cc1cncs1.Cc1ncc[nH]1.Cc1nccs1.Cc1ncn[nH]1.Cc1nncs1. The predicted molar refractivity (Wildman–Crippen MR) is 469 cm³/mol. The zero-order chi connectivity index (χ0) is 86.5. The van der Waals surface area contributed by atoms with Crippen LogP contribution in [0.4, 0.5) is 0 Å². The van der Waals surface area contributed by atoms with Crippen LogP contribution in [-0.2, 0) is 0 Å². The lowest BCUT2D eigenvalue weighted by molar-refractivity contribution is 0.397. The van der Waals surface area contributed by atoms with Gasteiger partial charge in [0.25, 0.3) is 0 Å². The molecule has 19 aromatic rings. The molecule has 0 aromatic carbocycles. The summed E-state index contributed by atoms with van der Waals surface area (Å²) in [6.07, 6.45) is 40.6. The summed E-state index contributed by atoms with van der Waals surface area (Å²) in [5.74, 6) is 4.50. The van der Waals surface area contributed by atoms with Crippen molar-refractivity contribution in [3.63, 3.8) is 0 Å². The highest BCUT2D eigenvalue weighted by Gasteiger charge is 1.86. The maximum Gasteiger partial charge on any atom is 0.180 e. The summed E-state index contributed by atoms with van der Waals surface area (Å²) in [5, 5.41) is 60.8. The second kappa shape index (κ2) is 71.5. The van der Waals surface area contributed by atoms with Crippen molar-refractivity contribution in [1.29, 1.82) is 0 Å². The van der Waals surface area contributed by atoms with Gasteiger partial charge in [-0.15, -0.1) is 55.5 Å². The largest absolute Gasteiger partial charge is 0.472 e. The molecule has 0 fully saturated rings. The number of hydrogen-bond donors (Lipinski definition) is 5. The smallest absolute Gasteiger partial charge is 0.180 e. The van der Waals surface area contributed by atoms with Crippen LogP contribution < -0.4 is 0 Å². The number of imidazole rings is 1. The molecule has 0 aliphatic rings. The number of nitrogens with zero attached hydrogens (tertiary/aromatic N) is 21. The number of pyridine rings is 1. The number of oxazole rings is 1. The van der Waals surface area contributed by atoms with E-state index >= 15 is 0 Å². The molecule has 0 amide bonds. The first-order valence-corrected chi connectivity index (χ1v) is 40.0. The van der Waals surface area contributed by atoms with Crippen molar-refractivity contribution in [2.75, 3.05) is 0 Å². The van der Waals surface area contributed by atoms with E-state index in [9.17, 15) is 0 Å². The van der Waals surface area contributed by atoms with Crippen molar-refractivity contribution < 1.29 is 22.3 Å². The van der Waals surface area contributed by atoms with E-state index in [1.165, 1.54) is 57.4 Å². The summed E-state index contributed by atoms with van der Waals surface area (Å²) in [7, 11) is 0. The van der Waals surface area contributed by atoms with Crippen LogP contribution in [0.15, 0.2) is 289 Å². The molecule has 0 spiro atoms. The van der Waals surface area contributed by atoms with E-state index in [1.54, 1.807) is 180 Å². The molecule has 19 rings (SSSR count). The van der Waals surface area contributed by atoms with Crippen molar-refractivity contribution >= 4 is 56.7 Å². The number of nitrogens with one attached hydrogen (secondary N) is 5. The topological polar surface area (TPSA) is 415 Å². The number of furan rings is 2. The van der Waals surface area contributed by atoms with Crippen LogP contribution in [0.2, 0.25) is 0 Å². The summed E-state index contributed by atoms with van der Waals surface area (Å²) in [6, 6.07) is 27.1. The van der Waals surface area contributed by atoms with Crippen LogP contribution in [0.25, 0.3) is 0 Å². The Kier molecular flexibility index (Phi) is 62.2. The Morgan fingerprint density at radius 1 is 0.390 bits per heavy atom. The maximum atomic E-state index is 4.83. The number of H-pyrrole nitrogens is 5. The molecule has 5 N–H and O–H groups in total. The van der Waals surface area contributed by atoms with E-state index in [4.69, 9.17) is 13.3 Å². The Morgan fingerprint density at radius 3 is 1.39 bits per heavy atom. The van der Waals surface area contributed by atoms with E-state index in [1.807, 2.05) is 202 Å². The third kappa shape index (κ3) is 69.4. The van der Waals surface area contributed by atoms with Crippen LogP contribution in [0, 0.1) is 132 Å². The van der Waals surface area contributed by atoms with Crippen LogP contribution in [0.1, 0.15) is 105 Å². The molecular formula is C82H106N26O5S5. The van der Waals surface area contributed by atoms with Crippen LogP contribution in [0.3, 0.4) is 0 Å². The standard InChI is InChI=1S/C6H7N.3C5H6N2.2C5H6O.2C5H6S.3C4H6N2.3C4H5NO.2C4H5NS.2C3H5N3.C3H4N2S/c1-6-3-2-4-7-5-6;1-5-2-6-4-7-3-5;1-5-2-3-6-4-7-5;1-5-3-2-4-6-7-5;1-5-2-3-6-4-5;1-5-3-2-4-6-5;1-5-2-3-6-4-5;1-5-3-2-4-6-5;1-4-2-5-6-3-4;1-4-5-2-3-6-4;1-4-2-3-5-6-4;1-4-2-5-3-6-4;1-4-2-3-6-5-4;1-4-2-3-5-6-4;1-4-2-5-3-6-4;1-4-5-2-3-6-4;1-3-4-2-5-6-3;1-3-2-4-6-5-3;1-3-5-4-2-6-3/h2-5H,1H3;3*2-4H,1H3;4*2-4H,1H3;3*2-3H,1H3,(H,5,6);5*2-3H,1H3;2*2H,1H3,(H,4,5,6);2H,1H3. The van der Waals surface area contributed by atoms with E-state index < -0.39 is 0 Å². The minimum Gasteiger partial charge on any atom is -0.472 e. The molecule has 19 aromatic heterocycles. The van der Waals surface area contributed by atoms with Crippen molar-refractivity contribution in [2.24, 2.45) is 0 Å². The van der Waals surface area contributed by atoms with Gasteiger partial charge in [-0.1, -0.05) is 22.4 Å². The highest BCUT2D eigenvalue weighted by atomic mass is 32.1. The monoisotopic (exact) mass is 1690 g/mol. The van der Waals surface area contributed by atoms with Gasteiger partial charge in [0.2, 0.25) is 0 Å². The molecule has 0 aliphatic carbocycles. The van der Waals surface area contributed by atoms with E-state index in [2.05, 4.69) is 189 Å². The van der Waals surface area contributed by atoms with Gasteiger partial charge in [0.05, 0.1) is 71.2 Å². The average Bonchev–Trinajstić information content (AvgIpc) is 2.03. The lowest BCUT2D eigenvalue weighted by Gasteiger charge is -1.82. The Bertz CT molecular complexity index is 3810. The number of rotatable bonds is 0. The van der Waals surface area contributed by atoms with Crippen molar-refractivity contribution in [3.05, 3.63) is 372 Å². The number of aromatic amines is 5. The molecule has 0 unspecified atom stereocenters. The Balaban J connectivity index is 0.000000623. The van der Waals surface area contributed by atoms with Gasteiger partial charge in [-0.2, -0.15) is 52.2 Å². The average molecular weight is 1700 g/mol. The summed E-state index contributed by atoms with van der Waals surface area (Å²) in [4.78, 5) is 43.6. The molecule has 0 bridgehead atoms. The van der Waals surface area contributed by atoms with E-state index in [-0.39, 0.29) is 0 Å². The Labute approximate surface area is 709 Å². The van der Waals surface area contributed by atoms with Gasteiger partial charge >= 0.3 is 0 Å². The van der Waals surface area contributed by atoms with Gasteiger partial charge < -0.3 is 27.3 Å². The first kappa shape index (κ1) is 103. The van der Waals surface area contributed by atoms with Crippen LogP contribution >= 0.6 is 56.7 Å². The number of aromatic nitrogens is 26. The molecule has 0 saturated heterocycles. The molecule has 118 heavy (non-hydrogen) atoms. The van der Waals surface area contributed by atoms with Crippen molar-refractivity contribution in [1.82, 2.24) is 132 Å². The second-order valence-electron chi connectivity index (χ2n) is 23.1. The van der Waals surface area contributed by atoms with Gasteiger partial charge in [0, 0.05) is 113 Å². The molecular weight excluding hydrogens is 1590 g/mol. The normalized spacial score (nSPS) is 8.81. The highest BCUT2D eigenvalue weighted by molar-refractivity contribution is 7.10. The first-order valence-electron chi connectivity index (χ1n) is 35.6. The molecule has 0 aliphatic heterocycles. The zero-order valence-electron chi connectivity index (χ0n) is 69.9. The molecule has 0 atom stereocenters. The predicted octanol–water partition coefficient (Wildman–Crippen LogP) is 20.1. The van der Waals surface area contributed by atoms with Gasteiger partial charge in [-0.05, 0) is 236 Å². The van der Waals surface area contributed by atoms with Crippen molar-refractivity contribution in [2.45, 2.75) is 132 Å². The van der Waals surface area contributed by atoms with Gasteiger partial charge in [0.15, 0.2) is 6.39 Å². The van der Waals surface area contributed by atoms with E-state index in [0.29, 0.717) is 0 Å². The fourth-order valence-electron chi connectivity index (χ4n) is 6.09. The lowest BCUT2D eigenvalue weighted by Crippen LogP contribution is -1.79. The van der Waals surface area contributed by atoms with Gasteiger partial charge in [0.1, 0.15) is 64.7 Å². The molecule has 0 saturated carbocycles. The Hall–Kier alpha value is -13.3. The fraction of sp³-hybridized carbons (Fsp3) is 0.232. The Morgan fingerprint density at radius 2 is 1.19 bits per heavy atom. The minimum absolute atomic E-state index is 0.856.